The Bertz CT molecular complexity index is 900. The molecule has 1 aliphatic heterocycles. The molecular formula is C21H23N3O2S. The molecule has 6 heteroatoms. The van der Waals surface area contributed by atoms with Gasteiger partial charge in [0.15, 0.2) is 0 Å². The van der Waals surface area contributed by atoms with E-state index in [2.05, 4.69) is 36.1 Å². The summed E-state index contributed by atoms with van der Waals surface area (Å²) in [5.74, 6) is 1.93. The van der Waals surface area contributed by atoms with E-state index in [-0.39, 0.29) is 11.8 Å². The fourth-order valence-corrected chi connectivity index (χ4v) is 4.15. The Kier molecular flexibility index (Phi) is 5.07. The molecule has 2 aromatic heterocycles. The summed E-state index contributed by atoms with van der Waals surface area (Å²) in [5.41, 5.74) is 2.24. The Morgan fingerprint density at radius 2 is 2.07 bits per heavy atom. The lowest BCUT2D eigenvalue weighted by Crippen LogP contribution is -2.38. The van der Waals surface area contributed by atoms with Crippen LogP contribution in [-0.2, 0) is 0 Å². The fraction of sp³-hybridized carbons (Fsp3) is 0.381. The largest absolute Gasteiger partial charge is 0.339 e. The molecular weight excluding hydrogens is 358 g/mol. The van der Waals surface area contributed by atoms with Crippen molar-refractivity contribution in [3.05, 3.63) is 58.1 Å². The van der Waals surface area contributed by atoms with Gasteiger partial charge in [-0.1, -0.05) is 49.3 Å². The molecule has 1 unspecified atom stereocenters. The molecule has 5 nitrogen and oxygen atoms in total. The van der Waals surface area contributed by atoms with Gasteiger partial charge in [0.05, 0.1) is 10.8 Å². The molecule has 0 bridgehead atoms. The topological polar surface area (TPSA) is 59.2 Å². The molecule has 0 radical (unpaired) electrons. The number of thiophene rings is 1. The first-order valence-corrected chi connectivity index (χ1v) is 10.3. The number of carbonyl (C=O) groups is 1. The molecule has 27 heavy (non-hydrogen) atoms. The number of hydrogen-bond acceptors (Lipinski definition) is 5. The summed E-state index contributed by atoms with van der Waals surface area (Å²) in [6.45, 7) is 5.76. The highest BCUT2D eigenvalue weighted by atomic mass is 32.1. The predicted octanol–water partition coefficient (Wildman–Crippen LogP) is 4.94. The van der Waals surface area contributed by atoms with Gasteiger partial charge in [0.1, 0.15) is 0 Å². The molecule has 0 aliphatic carbocycles. The van der Waals surface area contributed by atoms with E-state index in [9.17, 15) is 4.79 Å². The molecule has 1 aliphatic rings. The standard InChI is InChI=1S/C21H23N3O2S/c1-14(2)15-7-9-16(10-8-15)19-22-20(26-23-19)17-5-3-11-24(13-17)21(25)18-6-4-12-27-18/h4,6-10,12,14,17H,3,5,11,13H2,1-2H3. The van der Waals surface area contributed by atoms with E-state index in [1.54, 1.807) is 0 Å². The highest BCUT2D eigenvalue weighted by molar-refractivity contribution is 7.12. The van der Waals surface area contributed by atoms with Crippen LogP contribution in [0.1, 0.15) is 59.7 Å². The summed E-state index contributed by atoms with van der Waals surface area (Å²) in [5, 5.41) is 6.10. The normalized spacial score (nSPS) is 17.4. The lowest BCUT2D eigenvalue weighted by molar-refractivity contribution is 0.0700. The van der Waals surface area contributed by atoms with E-state index in [0.29, 0.717) is 24.2 Å². The van der Waals surface area contributed by atoms with Crippen molar-refractivity contribution in [3.63, 3.8) is 0 Å². The second-order valence-electron chi connectivity index (χ2n) is 7.30. The SMILES string of the molecule is CC(C)c1ccc(-c2noc(C3CCCN(C(=O)c4cccs4)C3)n2)cc1. The summed E-state index contributed by atoms with van der Waals surface area (Å²) in [7, 11) is 0. The van der Waals surface area contributed by atoms with Gasteiger partial charge in [-0.3, -0.25) is 4.79 Å². The van der Waals surface area contributed by atoms with E-state index >= 15 is 0 Å². The molecule has 0 saturated carbocycles. The Hall–Kier alpha value is -2.47. The molecule has 1 amide bonds. The molecule has 3 aromatic rings. The maximum absolute atomic E-state index is 12.6. The van der Waals surface area contributed by atoms with Crippen LogP contribution >= 0.6 is 11.3 Å². The quantitative estimate of drug-likeness (QED) is 0.642. The van der Waals surface area contributed by atoms with Crippen LogP contribution in [0.4, 0.5) is 0 Å². The highest BCUT2D eigenvalue weighted by Crippen LogP contribution is 2.29. The second kappa shape index (κ2) is 7.64. The third-order valence-electron chi connectivity index (χ3n) is 5.07. The first-order chi connectivity index (χ1) is 13.1. The van der Waals surface area contributed by atoms with Gasteiger partial charge in [-0.2, -0.15) is 4.98 Å². The fourth-order valence-electron chi connectivity index (χ4n) is 3.45. The van der Waals surface area contributed by atoms with E-state index in [0.717, 1.165) is 29.8 Å². The van der Waals surface area contributed by atoms with E-state index in [1.807, 2.05) is 34.5 Å². The zero-order chi connectivity index (χ0) is 18.8. The molecule has 4 rings (SSSR count). The van der Waals surface area contributed by atoms with Crippen LogP contribution in [-0.4, -0.2) is 34.0 Å². The van der Waals surface area contributed by atoms with Crippen LogP contribution in [0, 0.1) is 0 Å². The van der Waals surface area contributed by atoms with E-state index in [1.165, 1.54) is 16.9 Å². The number of aromatic nitrogens is 2. The van der Waals surface area contributed by atoms with Crippen molar-refractivity contribution in [1.29, 1.82) is 0 Å². The lowest BCUT2D eigenvalue weighted by atomic mass is 9.97. The highest BCUT2D eigenvalue weighted by Gasteiger charge is 2.29. The summed E-state index contributed by atoms with van der Waals surface area (Å²) in [6.07, 6.45) is 1.91. The summed E-state index contributed by atoms with van der Waals surface area (Å²) in [4.78, 5) is 19.9. The summed E-state index contributed by atoms with van der Waals surface area (Å²) >= 11 is 1.48. The lowest BCUT2D eigenvalue weighted by Gasteiger charge is -2.30. The van der Waals surface area contributed by atoms with Gasteiger partial charge in [0.25, 0.3) is 5.91 Å². The average Bonchev–Trinajstić information content (AvgIpc) is 3.40. The maximum Gasteiger partial charge on any atom is 0.263 e. The number of likely N-dealkylation sites (tertiary alicyclic amines) is 1. The third kappa shape index (κ3) is 3.81. The van der Waals surface area contributed by atoms with Crippen molar-refractivity contribution in [1.82, 2.24) is 15.0 Å². The number of rotatable bonds is 4. The molecule has 0 N–H and O–H groups in total. The molecule has 1 atom stereocenters. The first kappa shape index (κ1) is 17.9. The Balaban J connectivity index is 1.48. The average molecular weight is 382 g/mol. The number of nitrogens with zero attached hydrogens (tertiary/aromatic N) is 3. The maximum atomic E-state index is 12.6. The van der Waals surface area contributed by atoms with Crippen LogP contribution in [0.25, 0.3) is 11.4 Å². The van der Waals surface area contributed by atoms with Crippen LogP contribution in [0.5, 0.6) is 0 Å². The number of benzene rings is 1. The van der Waals surface area contributed by atoms with Gasteiger partial charge in [0.2, 0.25) is 11.7 Å². The van der Waals surface area contributed by atoms with Crippen molar-refractivity contribution in [3.8, 4) is 11.4 Å². The smallest absolute Gasteiger partial charge is 0.263 e. The second-order valence-corrected chi connectivity index (χ2v) is 8.25. The third-order valence-corrected chi connectivity index (χ3v) is 5.92. The van der Waals surface area contributed by atoms with Gasteiger partial charge in [-0.25, -0.2) is 0 Å². The van der Waals surface area contributed by atoms with Crippen molar-refractivity contribution < 1.29 is 9.32 Å². The number of carbonyl (C=O) groups excluding carboxylic acids is 1. The van der Waals surface area contributed by atoms with Crippen LogP contribution in [0.3, 0.4) is 0 Å². The van der Waals surface area contributed by atoms with E-state index < -0.39 is 0 Å². The minimum atomic E-state index is 0.0960. The van der Waals surface area contributed by atoms with Crippen LogP contribution in [0.2, 0.25) is 0 Å². The molecule has 0 spiro atoms. The summed E-state index contributed by atoms with van der Waals surface area (Å²) in [6, 6.07) is 12.1. The number of piperidine rings is 1. The monoisotopic (exact) mass is 381 g/mol. The van der Waals surface area contributed by atoms with Crippen LogP contribution in [0.15, 0.2) is 46.3 Å². The van der Waals surface area contributed by atoms with Gasteiger partial charge < -0.3 is 9.42 Å². The molecule has 140 valence electrons. The first-order valence-electron chi connectivity index (χ1n) is 9.38. The van der Waals surface area contributed by atoms with Gasteiger partial charge in [-0.05, 0) is 35.8 Å². The molecule has 1 aromatic carbocycles. The molecule has 1 saturated heterocycles. The predicted molar refractivity (Wildman–Crippen MR) is 106 cm³/mol. The van der Waals surface area contributed by atoms with Crippen molar-refractivity contribution in [2.45, 2.75) is 38.5 Å². The van der Waals surface area contributed by atoms with Gasteiger partial charge in [-0.15, -0.1) is 11.3 Å². The Labute approximate surface area is 163 Å². The zero-order valence-electron chi connectivity index (χ0n) is 15.6. The number of amides is 1. The van der Waals surface area contributed by atoms with Crippen molar-refractivity contribution in [2.24, 2.45) is 0 Å². The zero-order valence-corrected chi connectivity index (χ0v) is 16.4. The Morgan fingerprint density at radius 1 is 1.26 bits per heavy atom. The molecule has 3 heterocycles. The summed E-state index contributed by atoms with van der Waals surface area (Å²) < 4.78 is 5.56. The Morgan fingerprint density at radius 3 is 2.78 bits per heavy atom. The van der Waals surface area contributed by atoms with Gasteiger partial charge >= 0.3 is 0 Å². The van der Waals surface area contributed by atoms with E-state index in [4.69, 9.17) is 4.52 Å². The van der Waals surface area contributed by atoms with Crippen molar-refractivity contribution >= 4 is 17.2 Å². The molecule has 1 fully saturated rings. The van der Waals surface area contributed by atoms with Crippen molar-refractivity contribution in [2.75, 3.05) is 13.1 Å². The number of hydrogen-bond donors (Lipinski definition) is 0. The van der Waals surface area contributed by atoms with Gasteiger partial charge in [0, 0.05) is 18.7 Å². The minimum absolute atomic E-state index is 0.0960. The minimum Gasteiger partial charge on any atom is -0.339 e. The van der Waals surface area contributed by atoms with Crippen LogP contribution < -0.4 is 0 Å².